The minimum Gasteiger partial charge on any atom is -0.465 e. The minimum atomic E-state index is -1.92. The molecule has 7 heteroatoms. The van der Waals surface area contributed by atoms with Gasteiger partial charge in [-0.05, 0) is 55.1 Å². The highest BCUT2D eigenvalue weighted by atomic mass is 28.4. The summed E-state index contributed by atoms with van der Waals surface area (Å²) >= 11 is 0. The SMILES string of the molecule is COC(=O)c1ccc(C[C@H]2CC[C@H](CO[Si](C)(C)C(C)(C)C)N2C(=O)O)cc1. The van der Waals surface area contributed by atoms with Gasteiger partial charge in [0.2, 0.25) is 0 Å². The van der Waals surface area contributed by atoms with Crippen LogP contribution in [-0.4, -0.2) is 56.2 Å². The number of carboxylic acid groups (broad SMARTS) is 1. The number of hydrogen-bond donors (Lipinski definition) is 1. The van der Waals surface area contributed by atoms with Gasteiger partial charge in [0.1, 0.15) is 0 Å². The maximum atomic E-state index is 11.9. The fourth-order valence-electron chi connectivity index (χ4n) is 3.33. The molecule has 0 saturated carbocycles. The van der Waals surface area contributed by atoms with Crippen molar-refractivity contribution in [1.82, 2.24) is 4.90 Å². The lowest BCUT2D eigenvalue weighted by molar-refractivity contribution is 0.0600. The van der Waals surface area contributed by atoms with E-state index in [-0.39, 0.29) is 23.1 Å². The molecule has 1 aliphatic heterocycles. The van der Waals surface area contributed by atoms with Crippen molar-refractivity contribution >= 4 is 20.4 Å². The predicted octanol–water partition coefficient (Wildman–Crippen LogP) is 4.55. The molecule has 0 aliphatic carbocycles. The number of rotatable bonds is 6. The summed E-state index contributed by atoms with van der Waals surface area (Å²) in [7, 11) is -0.564. The summed E-state index contributed by atoms with van der Waals surface area (Å²) < 4.78 is 11.0. The molecule has 1 heterocycles. The van der Waals surface area contributed by atoms with E-state index in [1.807, 2.05) is 12.1 Å². The second kappa shape index (κ2) is 8.65. The molecule has 28 heavy (non-hydrogen) atoms. The van der Waals surface area contributed by atoms with Crippen molar-refractivity contribution in [3.63, 3.8) is 0 Å². The van der Waals surface area contributed by atoms with Gasteiger partial charge in [-0.1, -0.05) is 32.9 Å². The van der Waals surface area contributed by atoms with E-state index in [2.05, 4.69) is 33.9 Å². The molecule has 6 nitrogen and oxygen atoms in total. The van der Waals surface area contributed by atoms with Crippen molar-refractivity contribution in [3.05, 3.63) is 35.4 Å². The van der Waals surface area contributed by atoms with Crippen LogP contribution in [0.3, 0.4) is 0 Å². The summed E-state index contributed by atoms with van der Waals surface area (Å²) in [5.41, 5.74) is 1.50. The van der Waals surface area contributed by atoms with E-state index in [0.717, 1.165) is 18.4 Å². The molecular weight excluding hydrogens is 374 g/mol. The molecule has 0 spiro atoms. The zero-order valence-corrected chi connectivity index (χ0v) is 18.8. The maximum absolute atomic E-state index is 11.9. The molecule has 0 unspecified atom stereocenters. The fraction of sp³-hybridized carbons (Fsp3) is 0.619. The van der Waals surface area contributed by atoms with Gasteiger partial charge in [0.05, 0.1) is 25.3 Å². The highest BCUT2D eigenvalue weighted by Gasteiger charge is 2.41. The predicted molar refractivity (Wildman–Crippen MR) is 111 cm³/mol. The standard InChI is InChI=1S/C21H33NO5Si/c1-21(2,3)28(5,6)27-14-18-12-11-17(22(18)20(24)25)13-15-7-9-16(10-8-15)19(23)26-4/h7-10,17-18H,11-14H2,1-6H3,(H,24,25)/t17-,18-/m1/s1. The third-order valence-corrected chi connectivity index (χ3v) is 10.6. The molecule has 2 rings (SSSR count). The first kappa shape index (κ1) is 22.4. The summed E-state index contributed by atoms with van der Waals surface area (Å²) in [4.78, 5) is 25.1. The largest absolute Gasteiger partial charge is 0.465 e. The van der Waals surface area contributed by atoms with Gasteiger partial charge >= 0.3 is 12.1 Å². The van der Waals surface area contributed by atoms with Gasteiger partial charge in [-0.25, -0.2) is 9.59 Å². The summed E-state index contributed by atoms with van der Waals surface area (Å²) in [6.45, 7) is 11.4. The molecule has 0 radical (unpaired) electrons. The summed E-state index contributed by atoms with van der Waals surface area (Å²) in [6.07, 6.45) is 1.37. The molecular formula is C21H33NO5Si. The Morgan fingerprint density at radius 1 is 1.14 bits per heavy atom. The lowest BCUT2D eigenvalue weighted by Crippen LogP contribution is -2.47. The quantitative estimate of drug-likeness (QED) is 0.553. The van der Waals surface area contributed by atoms with Crippen molar-refractivity contribution in [2.75, 3.05) is 13.7 Å². The Bertz CT molecular complexity index is 696. The zero-order chi connectivity index (χ0) is 21.1. The van der Waals surface area contributed by atoms with Crippen molar-refractivity contribution in [2.24, 2.45) is 0 Å². The van der Waals surface area contributed by atoms with Crippen LogP contribution in [0.5, 0.6) is 0 Å². The number of carbonyl (C=O) groups excluding carboxylic acids is 1. The van der Waals surface area contributed by atoms with E-state index >= 15 is 0 Å². The third-order valence-electron chi connectivity index (χ3n) is 6.13. The second-order valence-corrected chi connectivity index (χ2v) is 13.8. The van der Waals surface area contributed by atoms with Crippen LogP contribution in [0.1, 0.15) is 49.5 Å². The van der Waals surface area contributed by atoms with Crippen LogP contribution in [0.25, 0.3) is 0 Å². The molecule has 1 aromatic carbocycles. The first-order chi connectivity index (χ1) is 13.0. The first-order valence-electron chi connectivity index (χ1n) is 9.78. The summed E-state index contributed by atoms with van der Waals surface area (Å²) in [6, 6.07) is 7.00. The monoisotopic (exact) mass is 407 g/mol. The van der Waals surface area contributed by atoms with E-state index in [1.165, 1.54) is 7.11 Å². The summed E-state index contributed by atoms with van der Waals surface area (Å²) in [5.74, 6) is -0.373. The molecule has 1 amide bonds. The number of benzene rings is 1. The lowest BCUT2D eigenvalue weighted by atomic mass is 10.0. The molecule has 1 N–H and O–H groups in total. The number of carbonyl (C=O) groups is 2. The van der Waals surface area contributed by atoms with Gasteiger partial charge in [0.25, 0.3) is 0 Å². The molecule has 1 aliphatic rings. The Hall–Kier alpha value is -1.86. The maximum Gasteiger partial charge on any atom is 0.407 e. The van der Waals surface area contributed by atoms with Crippen LogP contribution in [0.2, 0.25) is 18.1 Å². The highest BCUT2D eigenvalue weighted by Crippen LogP contribution is 2.37. The number of methoxy groups -OCH3 is 1. The number of hydrogen-bond acceptors (Lipinski definition) is 4. The molecule has 1 saturated heterocycles. The second-order valence-electron chi connectivity index (χ2n) is 9.04. The van der Waals surface area contributed by atoms with Gasteiger partial charge in [0.15, 0.2) is 8.32 Å². The van der Waals surface area contributed by atoms with Crippen molar-refractivity contribution in [2.45, 2.75) is 70.2 Å². The van der Waals surface area contributed by atoms with Gasteiger partial charge in [-0.2, -0.15) is 0 Å². The Balaban J connectivity index is 2.04. The van der Waals surface area contributed by atoms with Gasteiger partial charge < -0.3 is 14.3 Å². The van der Waals surface area contributed by atoms with Crippen LogP contribution in [0.15, 0.2) is 24.3 Å². The average molecular weight is 408 g/mol. The van der Waals surface area contributed by atoms with Crippen LogP contribution < -0.4 is 0 Å². The van der Waals surface area contributed by atoms with Gasteiger partial charge in [-0.15, -0.1) is 0 Å². The smallest absolute Gasteiger partial charge is 0.407 e. The van der Waals surface area contributed by atoms with Crippen LogP contribution >= 0.6 is 0 Å². The van der Waals surface area contributed by atoms with E-state index in [0.29, 0.717) is 18.6 Å². The highest BCUT2D eigenvalue weighted by molar-refractivity contribution is 6.74. The number of ether oxygens (including phenoxy) is 1. The first-order valence-corrected chi connectivity index (χ1v) is 12.7. The Morgan fingerprint density at radius 3 is 2.21 bits per heavy atom. The molecule has 156 valence electrons. The van der Waals surface area contributed by atoms with Crippen molar-refractivity contribution < 1.29 is 23.9 Å². The van der Waals surface area contributed by atoms with Crippen molar-refractivity contribution in [3.8, 4) is 0 Å². The van der Waals surface area contributed by atoms with Crippen molar-refractivity contribution in [1.29, 1.82) is 0 Å². The average Bonchev–Trinajstić information content (AvgIpc) is 3.02. The van der Waals surface area contributed by atoms with Crippen LogP contribution in [0, 0.1) is 0 Å². The number of nitrogens with zero attached hydrogens (tertiary/aromatic N) is 1. The van der Waals surface area contributed by atoms with E-state index < -0.39 is 14.4 Å². The fourth-order valence-corrected chi connectivity index (χ4v) is 4.37. The molecule has 0 aromatic heterocycles. The molecule has 2 atom stereocenters. The van der Waals surface area contributed by atoms with Gasteiger partial charge in [-0.3, -0.25) is 4.90 Å². The Morgan fingerprint density at radius 2 is 1.71 bits per heavy atom. The Labute approximate surface area is 169 Å². The zero-order valence-electron chi connectivity index (χ0n) is 17.8. The van der Waals surface area contributed by atoms with Crippen LogP contribution in [-0.2, 0) is 15.6 Å². The van der Waals surface area contributed by atoms with E-state index in [1.54, 1.807) is 17.0 Å². The van der Waals surface area contributed by atoms with E-state index in [9.17, 15) is 14.7 Å². The number of likely N-dealkylation sites (tertiary alicyclic amines) is 1. The molecule has 1 fully saturated rings. The normalized spacial score (nSPS) is 20.3. The Kier molecular flexibility index (Phi) is 6.93. The van der Waals surface area contributed by atoms with Crippen LogP contribution in [0.4, 0.5) is 4.79 Å². The minimum absolute atomic E-state index is 0.0745. The molecule has 1 aromatic rings. The van der Waals surface area contributed by atoms with E-state index in [4.69, 9.17) is 9.16 Å². The lowest BCUT2D eigenvalue weighted by Gasteiger charge is -2.38. The number of amides is 1. The topological polar surface area (TPSA) is 76.1 Å². The third kappa shape index (κ3) is 5.14. The molecule has 0 bridgehead atoms. The number of esters is 1. The van der Waals surface area contributed by atoms with Gasteiger partial charge in [0, 0.05) is 6.04 Å². The summed E-state index contributed by atoms with van der Waals surface area (Å²) in [5, 5.41) is 9.89.